The number of aryl methyl sites for hydroxylation is 2. The van der Waals surface area contributed by atoms with Crippen LogP contribution in [0.4, 0.5) is 21.6 Å². The van der Waals surface area contributed by atoms with Gasteiger partial charge in [0.15, 0.2) is 21.8 Å². The van der Waals surface area contributed by atoms with Gasteiger partial charge in [0.25, 0.3) is 20.0 Å². The molecule has 6 rings (SSSR count). The molecule has 0 aliphatic rings. The third-order valence-electron chi connectivity index (χ3n) is 7.42. The Morgan fingerprint density at radius 2 is 1.05 bits per heavy atom. The van der Waals surface area contributed by atoms with Crippen molar-refractivity contribution in [1.29, 1.82) is 0 Å². The van der Waals surface area contributed by atoms with Crippen LogP contribution >= 0.6 is 22.7 Å². The molecule has 55 heavy (non-hydrogen) atoms. The molecule has 0 radical (unpaired) electrons. The van der Waals surface area contributed by atoms with Crippen LogP contribution in [0.25, 0.3) is 22.5 Å². The van der Waals surface area contributed by atoms with Gasteiger partial charge >= 0.3 is 11.4 Å². The van der Waals surface area contributed by atoms with Gasteiger partial charge in [-0.2, -0.15) is 0 Å². The molecule has 0 amide bonds. The monoisotopic (exact) mass is 828 g/mol. The van der Waals surface area contributed by atoms with Crippen LogP contribution in [0.1, 0.15) is 11.1 Å². The predicted molar refractivity (Wildman–Crippen MR) is 204 cm³/mol. The van der Waals surface area contributed by atoms with Crippen LogP contribution in [0.3, 0.4) is 0 Å². The largest absolute Gasteiger partial charge is 0.504 e. The van der Waals surface area contributed by atoms with Gasteiger partial charge in [-0.3, -0.25) is 29.7 Å². The van der Waals surface area contributed by atoms with Crippen molar-refractivity contribution in [3.05, 3.63) is 115 Å². The number of aromatic hydroxyl groups is 3. The number of ether oxygens (including phenoxy) is 1. The number of nitro benzene ring substituents is 2. The fraction of sp³-hybridized carbons (Fsp3) is 0.0909. The van der Waals surface area contributed by atoms with E-state index in [0.717, 1.165) is 45.9 Å². The highest BCUT2D eigenvalue weighted by Crippen LogP contribution is 2.42. The van der Waals surface area contributed by atoms with Crippen molar-refractivity contribution >= 4 is 64.4 Å². The van der Waals surface area contributed by atoms with Crippen LogP contribution in [-0.4, -0.2) is 59.1 Å². The number of anilines is 2. The Kier molecular flexibility index (Phi) is 11.5. The van der Waals surface area contributed by atoms with Crippen LogP contribution < -0.4 is 14.2 Å². The van der Waals surface area contributed by atoms with E-state index in [1.54, 1.807) is 24.3 Å². The van der Waals surface area contributed by atoms with Gasteiger partial charge in [-0.15, -0.1) is 22.7 Å². The number of hydrogen-bond donors (Lipinski definition) is 5. The molecule has 6 aromatic rings. The summed E-state index contributed by atoms with van der Waals surface area (Å²) in [6.07, 6.45) is 0. The summed E-state index contributed by atoms with van der Waals surface area (Å²) in [5, 5.41) is 54.5. The number of nitro groups is 2. The minimum Gasteiger partial charge on any atom is -0.504 e. The van der Waals surface area contributed by atoms with Crippen molar-refractivity contribution in [3.8, 4) is 45.5 Å². The number of benzene rings is 4. The van der Waals surface area contributed by atoms with E-state index in [1.807, 2.05) is 13.8 Å². The summed E-state index contributed by atoms with van der Waals surface area (Å²) in [5.41, 5.74) is 1.63. The first kappa shape index (κ1) is 39.8. The second-order valence-electron chi connectivity index (χ2n) is 11.3. The Morgan fingerprint density at radius 3 is 1.45 bits per heavy atom. The van der Waals surface area contributed by atoms with Gasteiger partial charge in [-0.05, 0) is 50.2 Å². The van der Waals surface area contributed by atoms with Crippen molar-refractivity contribution in [1.82, 2.24) is 9.97 Å². The number of rotatable bonds is 11. The first-order chi connectivity index (χ1) is 25.9. The highest BCUT2D eigenvalue weighted by molar-refractivity contribution is 7.93. The summed E-state index contributed by atoms with van der Waals surface area (Å²) < 4.78 is 59.3. The number of thiazole rings is 2. The first-order valence-electron chi connectivity index (χ1n) is 15.2. The molecule has 5 N–H and O–H groups in total. The Balaban J connectivity index is 0.000000211. The van der Waals surface area contributed by atoms with E-state index in [9.17, 15) is 52.4 Å². The highest BCUT2D eigenvalue weighted by atomic mass is 32.2. The van der Waals surface area contributed by atoms with Crippen molar-refractivity contribution in [2.45, 2.75) is 23.6 Å². The lowest BCUT2D eigenvalue weighted by molar-refractivity contribution is -0.386. The van der Waals surface area contributed by atoms with Crippen molar-refractivity contribution < 1.29 is 46.7 Å². The molecular formula is C33H28N6O12S4. The SMILES string of the molecule is COc1c(O)cc(-c2csc(NS(=O)(=O)c3ccc(C)cc3)n2)cc1[N+](=O)[O-].Cc1ccc(S(=O)(=O)Nc2nc(-c3cc(O)c(O)c([N+](=O)[O-])c3)cs2)cc1. The average Bonchev–Trinajstić information content (AvgIpc) is 3.79. The summed E-state index contributed by atoms with van der Waals surface area (Å²) in [7, 11) is -6.44. The Hall–Kier alpha value is -6.36. The lowest BCUT2D eigenvalue weighted by atomic mass is 10.1. The number of sulfonamides is 2. The summed E-state index contributed by atoms with van der Waals surface area (Å²) in [6.45, 7) is 3.68. The standard InChI is InChI=1S/C17H15N3O6S2.C16H13N3O6S2/c1-10-3-5-12(6-4-10)28(24,25)19-17-18-13(9-27-17)11-7-14(20(22)23)16(26-2)15(21)8-11;1-9-2-4-11(5-3-9)27(24,25)18-16-17-12(8-26-16)10-6-13(19(22)23)15(21)14(20)7-10/h3-9,21H,1-2H3,(H,18,19);2-8,20-21H,1H3,(H,17,18). The molecule has 0 fully saturated rings. The molecule has 286 valence electrons. The molecule has 0 unspecified atom stereocenters. The van der Waals surface area contributed by atoms with Crippen molar-refractivity contribution in [2.75, 3.05) is 16.6 Å². The normalized spacial score (nSPS) is 11.3. The van der Waals surface area contributed by atoms with E-state index in [-0.39, 0.29) is 48.3 Å². The van der Waals surface area contributed by atoms with E-state index in [4.69, 9.17) is 4.74 Å². The molecule has 0 aliphatic heterocycles. The zero-order valence-corrected chi connectivity index (χ0v) is 31.8. The predicted octanol–water partition coefficient (Wildman–Crippen LogP) is 6.78. The lowest BCUT2D eigenvalue weighted by Crippen LogP contribution is -2.12. The molecule has 0 bridgehead atoms. The van der Waals surface area contributed by atoms with Crippen LogP contribution in [0, 0.1) is 34.1 Å². The number of hydrogen-bond acceptors (Lipinski definition) is 16. The van der Waals surface area contributed by atoms with Gasteiger partial charge in [-0.25, -0.2) is 26.8 Å². The maximum Gasteiger partial charge on any atom is 0.315 e. The minimum absolute atomic E-state index is 0.0563. The molecule has 0 atom stereocenters. The van der Waals surface area contributed by atoms with E-state index in [0.29, 0.717) is 0 Å². The number of phenolic OH excluding ortho intramolecular Hbond substituents is 3. The maximum absolute atomic E-state index is 12.4. The zero-order valence-electron chi connectivity index (χ0n) is 28.5. The summed E-state index contributed by atoms with van der Waals surface area (Å²) in [5.74, 6) is -2.20. The number of nitrogens with one attached hydrogen (secondary N) is 2. The molecule has 2 heterocycles. The number of phenols is 3. The van der Waals surface area contributed by atoms with Crippen LogP contribution in [0.15, 0.2) is 93.3 Å². The Bertz CT molecular complexity index is 2630. The van der Waals surface area contributed by atoms with E-state index >= 15 is 0 Å². The summed E-state index contributed by atoms with van der Waals surface area (Å²) >= 11 is 1.99. The second-order valence-corrected chi connectivity index (χ2v) is 16.4. The molecular weight excluding hydrogens is 801 g/mol. The van der Waals surface area contributed by atoms with E-state index in [2.05, 4.69) is 19.4 Å². The average molecular weight is 829 g/mol. The molecule has 22 heteroatoms. The van der Waals surface area contributed by atoms with Crippen LogP contribution in [0.2, 0.25) is 0 Å². The second kappa shape index (κ2) is 15.9. The third kappa shape index (κ3) is 9.24. The van der Waals surface area contributed by atoms with Gasteiger partial charge in [0.2, 0.25) is 11.5 Å². The quantitative estimate of drug-likeness (QED) is 0.0512. The molecule has 4 aromatic carbocycles. The van der Waals surface area contributed by atoms with Gasteiger partial charge in [0, 0.05) is 34.0 Å². The summed E-state index contributed by atoms with van der Waals surface area (Å²) in [6, 6.07) is 17.2. The molecule has 0 saturated heterocycles. The van der Waals surface area contributed by atoms with E-state index in [1.165, 1.54) is 54.3 Å². The molecule has 18 nitrogen and oxygen atoms in total. The zero-order chi connectivity index (χ0) is 40.2. The van der Waals surface area contributed by atoms with Gasteiger partial charge < -0.3 is 20.1 Å². The van der Waals surface area contributed by atoms with Crippen LogP contribution in [-0.2, 0) is 20.0 Å². The molecule has 0 spiro atoms. The first-order valence-corrected chi connectivity index (χ1v) is 20.0. The Morgan fingerprint density at radius 1 is 0.655 bits per heavy atom. The maximum atomic E-state index is 12.4. The van der Waals surface area contributed by atoms with Gasteiger partial charge in [0.1, 0.15) is 0 Å². The molecule has 0 aliphatic carbocycles. The highest BCUT2D eigenvalue weighted by Gasteiger charge is 2.24. The topological polar surface area (TPSA) is 274 Å². The fourth-order valence-corrected chi connectivity index (χ4v) is 8.62. The number of aromatic nitrogens is 2. The number of methoxy groups -OCH3 is 1. The minimum atomic E-state index is -3.84. The molecule has 2 aromatic heterocycles. The van der Waals surface area contributed by atoms with Crippen molar-refractivity contribution in [2.24, 2.45) is 0 Å². The molecule has 0 saturated carbocycles. The lowest BCUT2D eigenvalue weighted by Gasteiger charge is -2.06. The fourth-order valence-electron chi connectivity index (χ4n) is 4.67. The smallest absolute Gasteiger partial charge is 0.315 e. The van der Waals surface area contributed by atoms with Crippen LogP contribution in [0.5, 0.6) is 23.0 Å². The summed E-state index contributed by atoms with van der Waals surface area (Å²) in [4.78, 5) is 29.0. The van der Waals surface area contributed by atoms with E-state index < -0.39 is 58.5 Å². The van der Waals surface area contributed by atoms with Gasteiger partial charge in [-0.1, -0.05) is 35.4 Å². The Labute approximate surface area is 320 Å². The third-order valence-corrected chi connectivity index (χ3v) is 11.9. The van der Waals surface area contributed by atoms with Crippen molar-refractivity contribution in [3.63, 3.8) is 0 Å². The van der Waals surface area contributed by atoms with Gasteiger partial charge in [0.05, 0.1) is 38.1 Å². The number of nitrogens with zero attached hydrogens (tertiary/aromatic N) is 4.